The number of hydrogen-bond donors (Lipinski definition) is 1. The van der Waals surface area contributed by atoms with Crippen LogP contribution in [0, 0.1) is 0 Å². The summed E-state index contributed by atoms with van der Waals surface area (Å²) in [5.41, 5.74) is 3.50. The molecule has 4 nitrogen and oxygen atoms in total. The maximum atomic E-state index is 9.32. The molecule has 24 heavy (non-hydrogen) atoms. The summed E-state index contributed by atoms with van der Waals surface area (Å²) in [6, 6.07) is 15.3. The Hall–Kier alpha value is -2.27. The van der Waals surface area contributed by atoms with E-state index in [9.17, 15) is 5.11 Å². The summed E-state index contributed by atoms with van der Waals surface area (Å²) in [6.07, 6.45) is 0. The molecule has 0 aliphatic carbocycles. The van der Waals surface area contributed by atoms with Gasteiger partial charge in [-0.2, -0.15) is 0 Å². The van der Waals surface area contributed by atoms with Crippen molar-refractivity contribution in [1.82, 2.24) is 10.2 Å². The molecular formula is C19H20N2O2S. The van der Waals surface area contributed by atoms with Gasteiger partial charge in [0.2, 0.25) is 5.89 Å². The number of rotatable bonds is 4. The monoisotopic (exact) mass is 340 g/mol. The summed E-state index contributed by atoms with van der Waals surface area (Å²) in [7, 11) is 0. The van der Waals surface area contributed by atoms with Crippen LogP contribution in [0.15, 0.2) is 58.2 Å². The van der Waals surface area contributed by atoms with E-state index in [2.05, 4.69) is 55.2 Å². The van der Waals surface area contributed by atoms with Crippen molar-refractivity contribution in [2.75, 3.05) is 0 Å². The van der Waals surface area contributed by atoms with E-state index >= 15 is 0 Å². The van der Waals surface area contributed by atoms with E-state index in [0.717, 1.165) is 11.3 Å². The predicted octanol–water partition coefficient (Wildman–Crippen LogP) is 5.03. The Labute approximate surface area is 145 Å². The smallest absolute Gasteiger partial charge is 0.277 e. The van der Waals surface area contributed by atoms with Crippen molar-refractivity contribution in [3.05, 3.63) is 59.7 Å². The predicted molar refractivity (Wildman–Crippen MR) is 96.1 cm³/mol. The van der Waals surface area contributed by atoms with Crippen LogP contribution in [0.4, 0.5) is 0 Å². The molecule has 1 N–H and O–H groups in total. The van der Waals surface area contributed by atoms with Crippen LogP contribution < -0.4 is 0 Å². The largest absolute Gasteiger partial charge is 0.508 e. The molecule has 0 saturated heterocycles. The fraction of sp³-hybridized carbons (Fsp3) is 0.263. The molecule has 0 spiro atoms. The van der Waals surface area contributed by atoms with Gasteiger partial charge in [0, 0.05) is 11.3 Å². The van der Waals surface area contributed by atoms with Crippen molar-refractivity contribution in [2.45, 2.75) is 37.2 Å². The van der Waals surface area contributed by atoms with Gasteiger partial charge >= 0.3 is 0 Å². The summed E-state index contributed by atoms with van der Waals surface area (Å²) < 4.78 is 5.67. The van der Waals surface area contributed by atoms with Crippen LogP contribution in [0.1, 0.15) is 31.9 Å². The molecule has 0 atom stereocenters. The zero-order valence-corrected chi connectivity index (χ0v) is 14.8. The molecule has 3 aromatic rings. The minimum Gasteiger partial charge on any atom is -0.508 e. The van der Waals surface area contributed by atoms with Gasteiger partial charge in [-0.25, -0.2) is 0 Å². The molecule has 0 saturated carbocycles. The standard InChI is InChI=1S/C19H20N2O2S/c1-19(2,3)15-8-4-13(5-9-15)12-24-18-21-20-17(23-18)14-6-10-16(22)11-7-14/h4-11,22H,12H2,1-3H3. The van der Waals surface area contributed by atoms with Crippen LogP contribution in [0.3, 0.4) is 0 Å². The maximum absolute atomic E-state index is 9.32. The van der Waals surface area contributed by atoms with Gasteiger partial charge in [0.1, 0.15) is 5.75 Å². The number of hydrogen-bond acceptors (Lipinski definition) is 5. The fourth-order valence-corrected chi connectivity index (χ4v) is 2.95. The van der Waals surface area contributed by atoms with E-state index in [1.54, 1.807) is 24.3 Å². The second kappa shape index (κ2) is 6.69. The van der Waals surface area contributed by atoms with Crippen LogP contribution in [-0.4, -0.2) is 15.3 Å². The van der Waals surface area contributed by atoms with E-state index in [1.165, 1.54) is 22.9 Å². The van der Waals surface area contributed by atoms with Crippen molar-refractivity contribution in [3.63, 3.8) is 0 Å². The number of phenols is 1. The first-order valence-electron chi connectivity index (χ1n) is 7.77. The first-order valence-corrected chi connectivity index (χ1v) is 8.75. The molecule has 1 aromatic heterocycles. The van der Waals surface area contributed by atoms with Crippen molar-refractivity contribution in [1.29, 1.82) is 0 Å². The van der Waals surface area contributed by atoms with Crippen molar-refractivity contribution in [3.8, 4) is 17.2 Å². The topological polar surface area (TPSA) is 59.2 Å². The van der Waals surface area contributed by atoms with Gasteiger partial charge in [-0.15, -0.1) is 10.2 Å². The summed E-state index contributed by atoms with van der Waals surface area (Å²) in [4.78, 5) is 0. The lowest BCUT2D eigenvalue weighted by molar-refractivity contribution is 0.465. The zero-order valence-electron chi connectivity index (χ0n) is 14.0. The second-order valence-corrected chi connectivity index (χ2v) is 7.58. The van der Waals surface area contributed by atoms with E-state index in [0.29, 0.717) is 11.1 Å². The Morgan fingerprint density at radius 3 is 2.25 bits per heavy atom. The molecule has 3 rings (SSSR count). The van der Waals surface area contributed by atoms with Crippen LogP contribution in [-0.2, 0) is 11.2 Å². The normalized spacial score (nSPS) is 11.6. The number of thioether (sulfide) groups is 1. The Bertz CT molecular complexity index is 803. The fourth-order valence-electron chi connectivity index (χ4n) is 2.23. The maximum Gasteiger partial charge on any atom is 0.277 e. The number of nitrogens with zero attached hydrogens (tertiary/aromatic N) is 2. The van der Waals surface area contributed by atoms with Crippen LogP contribution >= 0.6 is 11.8 Å². The quantitative estimate of drug-likeness (QED) is 0.675. The van der Waals surface area contributed by atoms with E-state index in [1.807, 2.05) is 0 Å². The highest BCUT2D eigenvalue weighted by Gasteiger charge is 2.13. The molecule has 1 heterocycles. The van der Waals surface area contributed by atoms with Gasteiger partial charge in [0.05, 0.1) is 0 Å². The Morgan fingerprint density at radius 2 is 1.62 bits per heavy atom. The van der Waals surface area contributed by atoms with Crippen LogP contribution in [0.2, 0.25) is 0 Å². The molecule has 2 aromatic carbocycles. The van der Waals surface area contributed by atoms with Crippen LogP contribution in [0.25, 0.3) is 11.5 Å². The molecular weight excluding hydrogens is 320 g/mol. The van der Waals surface area contributed by atoms with Gasteiger partial charge in [-0.1, -0.05) is 56.8 Å². The summed E-state index contributed by atoms with van der Waals surface area (Å²) >= 11 is 1.52. The molecule has 0 fully saturated rings. The molecule has 0 amide bonds. The molecule has 0 bridgehead atoms. The minimum absolute atomic E-state index is 0.164. The third-order valence-electron chi connectivity index (χ3n) is 3.70. The highest BCUT2D eigenvalue weighted by molar-refractivity contribution is 7.98. The van der Waals surface area contributed by atoms with E-state index < -0.39 is 0 Å². The molecule has 0 aliphatic heterocycles. The number of benzene rings is 2. The molecule has 0 aliphatic rings. The second-order valence-electron chi connectivity index (χ2n) is 6.66. The average molecular weight is 340 g/mol. The summed E-state index contributed by atoms with van der Waals surface area (Å²) in [6.45, 7) is 6.63. The van der Waals surface area contributed by atoms with Crippen molar-refractivity contribution >= 4 is 11.8 Å². The van der Waals surface area contributed by atoms with Gasteiger partial charge in [-0.05, 0) is 40.8 Å². The lowest BCUT2D eigenvalue weighted by Gasteiger charge is -2.19. The third kappa shape index (κ3) is 3.97. The number of aromatic hydroxyl groups is 1. The SMILES string of the molecule is CC(C)(C)c1ccc(CSc2nnc(-c3ccc(O)cc3)o2)cc1. The van der Waals surface area contributed by atoms with Crippen LogP contribution in [0.5, 0.6) is 5.75 Å². The highest BCUT2D eigenvalue weighted by atomic mass is 32.2. The van der Waals surface area contributed by atoms with Crippen molar-refractivity contribution in [2.24, 2.45) is 0 Å². The zero-order chi connectivity index (χ0) is 17.2. The number of phenolic OH excluding ortho intramolecular Hbond substituents is 1. The van der Waals surface area contributed by atoms with Gasteiger partial charge in [0.25, 0.3) is 5.22 Å². The lowest BCUT2D eigenvalue weighted by Crippen LogP contribution is -2.10. The third-order valence-corrected chi connectivity index (χ3v) is 4.59. The number of aromatic nitrogens is 2. The summed E-state index contributed by atoms with van der Waals surface area (Å²) in [5.74, 6) is 1.45. The highest BCUT2D eigenvalue weighted by Crippen LogP contribution is 2.28. The molecule has 124 valence electrons. The Balaban J connectivity index is 1.64. The van der Waals surface area contributed by atoms with Gasteiger partial charge < -0.3 is 9.52 Å². The molecule has 0 radical (unpaired) electrons. The summed E-state index contributed by atoms with van der Waals surface area (Å²) in [5, 5.41) is 18.0. The van der Waals surface area contributed by atoms with Gasteiger partial charge in [-0.3, -0.25) is 0 Å². The molecule has 0 unspecified atom stereocenters. The minimum atomic E-state index is 0.164. The van der Waals surface area contributed by atoms with E-state index in [-0.39, 0.29) is 11.2 Å². The first kappa shape index (κ1) is 16.6. The molecule has 5 heteroatoms. The van der Waals surface area contributed by atoms with E-state index in [4.69, 9.17) is 4.42 Å². The Morgan fingerprint density at radius 1 is 0.958 bits per heavy atom. The lowest BCUT2D eigenvalue weighted by atomic mass is 9.87. The van der Waals surface area contributed by atoms with Crippen molar-refractivity contribution < 1.29 is 9.52 Å². The average Bonchev–Trinajstić information content (AvgIpc) is 3.02. The van der Waals surface area contributed by atoms with Gasteiger partial charge in [0.15, 0.2) is 0 Å². The first-order chi connectivity index (χ1) is 11.4. The Kier molecular flexibility index (Phi) is 4.62.